The van der Waals surface area contributed by atoms with E-state index in [1.165, 1.54) is 11.0 Å². The maximum Gasteiger partial charge on any atom is 0.242 e. The third kappa shape index (κ3) is 6.44. The van der Waals surface area contributed by atoms with Crippen LogP contribution in [-0.2, 0) is 22.6 Å². The van der Waals surface area contributed by atoms with E-state index in [4.69, 9.17) is 23.2 Å². The molecule has 0 radical (unpaired) electrons. The van der Waals surface area contributed by atoms with Crippen molar-refractivity contribution in [3.63, 3.8) is 0 Å². The Morgan fingerprint density at radius 1 is 1.07 bits per heavy atom. The van der Waals surface area contributed by atoms with Crippen molar-refractivity contribution in [2.24, 2.45) is 0 Å². The molecule has 2 rings (SSSR count). The fraction of sp³-hybridized carbons (Fsp3) is 0.364. The fourth-order valence-electron chi connectivity index (χ4n) is 2.82. The monoisotopic (exact) mass is 438 g/mol. The van der Waals surface area contributed by atoms with Gasteiger partial charge in [-0.1, -0.05) is 47.5 Å². The molecule has 0 heterocycles. The highest BCUT2D eigenvalue weighted by atomic mass is 35.5. The van der Waals surface area contributed by atoms with Crippen LogP contribution in [-0.4, -0.2) is 28.3 Å². The van der Waals surface area contributed by atoms with E-state index in [-0.39, 0.29) is 24.8 Å². The van der Waals surface area contributed by atoms with Crippen LogP contribution in [0, 0.1) is 5.82 Å². The number of amides is 2. The van der Waals surface area contributed by atoms with E-state index in [1.807, 2.05) is 20.8 Å². The number of halogens is 3. The molecule has 0 spiro atoms. The van der Waals surface area contributed by atoms with Crippen LogP contribution < -0.4 is 5.32 Å². The van der Waals surface area contributed by atoms with E-state index < -0.39 is 17.4 Å². The molecule has 0 aliphatic rings. The number of carbonyl (C=O) groups is 2. The molecule has 0 aliphatic heterocycles. The lowest BCUT2D eigenvalue weighted by Crippen LogP contribution is -2.52. The van der Waals surface area contributed by atoms with Crippen LogP contribution in [0.2, 0.25) is 10.0 Å². The summed E-state index contributed by atoms with van der Waals surface area (Å²) in [5, 5.41) is 3.59. The van der Waals surface area contributed by atoms with Crippen LogP contribution in [0.3, 0.4) is 0 Å². The van der Waals surface area contributed by atoms with Gasteiger partial charge < -0.3 is 10.2 Å². The van der Waals surface area contributed by atoms with Crippen LogP contribution in [0.4, 0.5) is 4.39 Å². The Bertz CT molecular complexity index is 876. The number of rotatable bonds is 6. The van der Waals surface area contributed by atoms with Gasteiger partial charge in [-0.15, -0.1) is 0 Å². The van der Waals surface area contributed by atoms with Crippen molar-refractivity contribution >= 4 is 35.0 Å². The molecule has 4 nitrogen and oxygen atoms in total. The number of hydrogen-bond acceptors (Lipinski definition) is 2. The summed E-state index contributed by atoms with van der Waals surface area (Å²) in [6, 6.07) is 10.3. The topological polar surface area (TPSA) is 49.4 Å². The summed E-state index contributed by atoms with van der Waals surface area (Å²) in [6.45, 7) is 7.12. The predicted molar refractivity (Wildman–Crippen MR) is 114 cm³/mol. The average Bonchev–Trinajstić information content (AvgIpc) is 2.62. The highest BCUT2D eigenvalue weighted by Gasteiger charge is 2.29. The normalized spacial score (nSPS) is 12.4. The first-order valence-corrected chi connectivity index (χ1v) is 10.0. The first-order valence-electron chi connectivity index (χ1n) is 9.27. The Labute approximate surface area is 181 Å². The zero-order valence-corrected chi connectivity index (χ0v) is 18.4. The number of nitrogens with one attached hydrogen (secondary N) is 1. The van der Waals surface area contributed by atoms with Crippen LogP contribution in [0.15, 0.2) is 42.5 Å². The van der Waals surface area contributed by atoms with E-state index in [0.29, 0.717) is 21.2 Å². The summed E-state index contributed by atoms with van der Waals surface area (Å²) >= 11 is 12.4. The molecule has 0 aliphatic carbocycles. The molecule has 0 unspecified atom stereocenters. The minimum Gasteiger partial charge on any atom is -0.350 e. The molecule has 1 atom stereocenters. The van der Waals surface area contributed by atoms with E-state index in [0.717, 1.165) is 0 Å². The van der Waals surface area contributed by atoms with Gasteiger partial charge in [-0.2, -0.15) is 0 Å². The Morgan fingerprint density at radius 2 is 1.66 bits per heavy atom. The summed E-state index contributed by atoms with van der Waals surface area (Å²) in [5.41, 5.74) is 0.328. The second-order valence-corrected chi connectivity index (χ2v) is 8.72. The van der Waals surface area contributed by atoms with Crippen molar-refractivity contribution in [3.05, 3.63) is 69.5 Å². The smallest absolute Gasteiger partial charge is 0.242 e. The molecule has 2 amide bonds. The number of nitrogens with zero attached hydrogens (tertiary/aromatic N) is 1. The molecular weight excluding hydrogens is 414 g/mol. The zero-order chi connectivity index (χ0) is 21.8. The van der Waals surface area contributed by atoms with Crippen molar-refractivity contribution in [1.29, 1.82) is 0 Å². The summed E-state index contributed by atoms with van der Waals surface area (Å²) in [4.78, 5) is 27.2. The first-order chi connectivity index (χ1) is 13.5. The van der Waals surface area contributed by atoms with Gasteiger partial charge in [0.05, 0.1) is 6.42 Å². The Balaban J connectivity index is 2.34. The van der Waals surface area contributed by atoms with Crippen molar-refractivity contribution in [3.8, 4) is 0 Å². The standard InChI is InChI=1S/C22H25Cl2FN2O2/c1-14(21(29)26-22(2,3)4)27(13-15-8-5-6-11-19(15)25)20(28)12-16-17(23)9-7-10-18(16)24/h5-11,14H,12-13H2,1-4H3,(H,26,29)/t14-/m1/s1. The zero-order valence-electron chi connectivity index (χ0n) is 16.9. The molecule has 0 saturated carbocycles. The quantitative estimate of drug-likeness (QED) is 0.688. The molecule has 29 heavy (non-hydrogen) atoms. The number of benzene rings is 2. The molecule has 1 N–H and O–H groups in total. The first kappa shape index (κ1) is 23.2. The fourth-order valence-corrected chi connectivity index (χ4v) is 3.35. The van der Waals surface area contributed by atoms with Crippen molar-refractivity contribution in [2.75, 3.05) is 0 Å². The van der Waals surface area contributed by atoms with Crippen LogP contribution in [0.5, 0.6) is 0 Å². The third-order valence-electron chi connectivity index (χ3n) is 4.35. The lowest BCUT2D eigenvalue weighted by molar-refractivity contribution is -0.140. The second-order valence-electron chi connectivity index (χ2n) is 7.91. The maximum absolute atomic E-state index is 14.2. The van der Waals surface area contributed by atoms with E-state index >= 15 is 0 Å². The predicted octanol–water partition coefficient (Wildman–Crippen LogP) is 5.01. The third-order valence-corrected chi connectivity index (χ3v) is 5.06. The Hall–Kier alpha value is -2.11. The molecular formula is C22H25Cl2FN2O2. The van der Waals surface area contributed by atoms with Crippen LogP contribution >= 0.6 is 23.2 Å². The largest absolute Gasteiger partial charge is 0.350 e. The molecule has 0 bridgehead atoms. The van der Waals surface area contributed by atoms with Crippen LogP contribution in [0.25, 0.3) is 0 Å². The van der Waals surface area contributed by atoms with Gasteiger partial charge in [-0.05, 0) is 51.5 Å². The molecule has 7 heteroatoms. The van der Waals surface area contributed by atoms with Gasteiger partial charge in [-0.3, -0.25) is 9.59 Å². The molecule has 0 aromatic heterocycles. The van der Waals surface area contributed by atoms with Gasteiger partial charge >= 0.3 is 0 Å². The molecule has 2 aromatic rings. The van der Waals surface area contributed by atoms with Crippen LogP contribution in [0.1, 0.15) is 38.8 Å². The van der Waals surface area contributed by atoms with Crippen molar-refractivity contribution in [2.45, 2.75) is 52.2 Å². The van der Waals surface area contributed by atoms with Gasteiger partial charge in [0.2, 0.25) is 11.8 Å². The molecule has 156 valence electrons. The van der Waals surface area contributed by atoms with Crippen molar-refractivity contribution in [1.82, 2.24) is 10.2 Å². The summed E-state index contributed by atoms with van der Waals surface area (Å²) in [5.74, 6) is -1.14. The molecule has 0 saturated heterocycles. The number of hydrogen-bond donors (Lipinski definition) is 1. The SMILES string of the molecule is C[C@H](C(=O)NC(C)(C)C)N(Cc1ccccc1F)C(=O)Cc1c(Cl)cccc1Cl. The minimum absolute atomic E-state index is 0.0493. The maximum atomic E-state index is 14.2. The molecule has 2 aromatic carbocycles. The lowest BCUT2D eigenvalue weighted by atomic mass is 10.1. The highest BCUT2D eigenvalue weighted by molar-refractivity contribution is 6.36. The summed E-state index contributed by atoms with van der Waals surface area (Å²) in [6.07, 6.45) is -0.0971. The van der Waals surface area contributed by atoms with Gasteiger partial charge in [0.1, 0.15) is 11.9 Å². The molecule has 0 fully saturated rings. The van der Waals surface area contributed by atoms with E-state index in [9.17, 15) is 14.0 Å². The average molecular weight is 439 g/mol. The lowest BCUT2D eigenvalue weighted by Gasteiger charge is -2.31. The number of carbonyl (C=O) groups excluding carboxylic acids is 2. The Kier molecular flexibility index (Phi) is 7.66. The van der Waals surface area contributed by atoms with Gasteiger partial charge in [0.15, 0.2) is 0 Å². The van der Waals surface area contributed by atoms with Gasteiger partial charge in [-0.25, -0.2) is 4.39 Å². The highest BCUT2D eigenvalue weighted by Crippen LogP contribution is 2.26. The minimum atomic E-state index is -0.817. The van der Waals surface area contributed by atoms with Gasteiger partial charge in [0, 0.05) is 27.7 Å². The second kappa shape index (κ2) is 9.59. The van der Waals surface area contributed by atoms with Crippen molar-refractivity contribution < 1.29 is 14.0 Å². The van der Waals surface area contributed by atoms with Gasteiger partial charge in [0.25, 0.3) is 0 Å². The summed E-state index contributed by atoms with van der Waals surface area (Å²) in [7, 11) is 0. The van der Waals surface area contributed by atoms with E-state index in [2.05, 4.69) is 5.32 Å². The van der Waals surface area contributed by atoms with E-state index in [1.54, 1.807) is 43.3 Å². The summed E-state index contributed by atoms with van der Waals surface area (Å²) < 4.78 is 14.2. The Morgan fingerprint density at radius 3 is 2.21 bits per heavy atom.